The van der Waals surface area contributed by atoms with Gasteiger partial charge in [0.15, 0.2) is 5.78 Å². The highest BCUT2D eigenvalue weighted by atomic mass is 79.9. The van der Waals surface area contributed by atoms with Crippen molar-refractivity contribution >= 4 is 32.6 Å². The van der Waals surface area contributed by atoms with Crippen LogP contribution < -0.4 is 5.43 Å². The summed E-state index contributed by atoms with van der Waals surface area (Å²) in [7, 11) is 0. The number of pyridine rings is 2. The zero-order valence-electron chi connectivity index (χ0n) is 15.2. The van der Waals surface area contributed by atoms with Crippen molar-refractivity contribution in [2.75, 3.05) is 0 Å². The number of halogens is 1. The highest BCUT2D eigenvalue weighted by Gasteiger charge is 2.18. The van der Waals surface area contributed by atoms with Crippen molar-refractivity contribution < 1.29 is 4.79 Å². The lowest BCUT2D eigenvalue weighted by atomic mass is 9.98. The van der Waals surface area contributed by atoms with E-state index in [-0.39, 0.29) is 16.8 Å². The Morgan fingerprint density at radius 3 is 2.50 bits per heavy atom. The summed E-state index contributed by atoms with van der Waals surface area (Å²) in [6.45, 7) is 2.33. The van der Waals surface area contributed by atoms with E-state index in [2.05, 4.69) is 20.9 Å². The van der Waals surface area contributed by atoms with E-state index in [0.29, 0.717) is 17.5 Å². The van der Waals surface area contributed by atoms with Crippen molar-refractivity contribution in [3.63, 3.8) is 0 Å². The number of rotatable bonds is 4. The van der Waals surface area contributed by atoms with Gasteiger partial charge in [0.25, 0.3) is 0 Å². The largest absolute Gasteiger partial charge is 0.340 e. The van der Waals surface area contributed by atoms with Crippen molar-refractivity contribution in [3.05, 3.63) is 110 Å². The normalized spacial score (nSPS) is 10.9. The quantitative estimate of drug-likeness (QED) is 0.345. The molecule has 4 rings (SSSR count). The smallest absolute Gasteiger partial charge is 0.200 e. The van der Waals surface area contributed by atoms with Crippen LogP contribution >= 0.6 is 15.9 Å². The van der Waals surface area contributed by atoms with E-state index in [0.717, 1.165) is 21.4 Å². The second-order valence-corrected chi connectivity index (χ2v) is 7.43. The third kappa shape index (κ3) is 3.41. The van der Waals surface area contributed by atoms with Crippen LogP contribution in [0.25, 0.3) is 10.9 Å². The molecule has 0 spiro atoms. The van der Waals surface area contributed by atoms with Gasteiger partial charge in [0.2, 0.25) is 5.43 Å². The number of para-hydroxylation sites is 1. The van der Waals surface area contributed by atoms with Crippen LogP contribution in [0.15, 0.2) is 82.3 Å². The van der Waals surface area contributed by atoms with Crippen LogP contribution in [-0.2, 0) is 6.54 Å². The molecule has 0 unspecified atom stereocenters. The number of benzene rings is 2. The van der Waals surface area contributed by atoms with Gasteiger partial charge in [0.05, 0.1) is 23.3 Å². The standard InChI is InChI=1S/C23H17BrN2O2/c1-15-7-2-3-9-17(15)22(27)19-14-26(13-16-8-6-12-21(24)25-16)20-11-5-4-10-18(20)23(19)28/h2-12,14H,13H2,1H3. The second kappa shape index (κ2) is 7.52. The van der Waals surface area contributed by atoms with E-state index in [1.807, 2.05) is 66.1 Å². The summed E-state index contributed by atoms with van der Waals surface area (Å²) in [5.74, 6) is -0.259. The molecule has 0 amide bonds. The Morgan fingerprint density at radius 2 is 1.71 bits per heavy atom. The SMILES string of the molecule is Cc1ccccc1C(=O)c1cn(Cc2cccc(Br)n2)c2ccccc2c1=O. The second-order valence-electron chi connectivity index (χ2n) is 6.61. The average Bonchev–Trinajstić information content (AvgIpc) is 2.70. The molecule has 2 aromatic carbocycles. The van der Waals surface area contributed by atoms with Crippen molar-refractivity contribution in [1.82, 2.24) is 9.55 Å². The van der Waals surface area contributed by atoms with Crippen molar-refractivity contribution in [3.8, 4) is 0 Å². The molecule has 5 heteroatoms. The van der Waals surface area contributed by atoms with E-state index in [1.54, 1.807) is 18.3 Å². The molecule has 0 aliphatic carbocycles. The summed E-state index contributed by atoms with van der Waals surface area (Å²) >= 11 is 3.39. The number of carbonyl (C=O) groups is 1. The molecule has 138 valence electrons. The number of carbonyl (C=O) groups excluding carboxylic acids is 1. The van der Waals surface area contributed by atoms with E-state index in [9.17, 15) is 9.59 Å². The topological polar surface area (TPSA) is 52.0 Å². The summed E-state index contributed by atoms with van der Waals surface area (Å²) in [6.07, 6.45) is 1.65. The molecule has 0 atom stereocenters. The molecule has 2 aromatic heterocycles. The van der Waals surface area contributed by atoms with Gasteiger partial charge in [0.1, 0.15) is 4.60 Å². The predicted molar refractivity (Wildman–Crippen MR) is 114 cm³/mol. The van der Waals surface area contributed by atoms with Gasteiger partial charge in [0, 0.05) is 17.1 Å². The molecule has 0 N–H and O–H groups in total. The lowest BCUT2D eigenvalue weighted by Crippen LogP contribution is -2.20. The lowest BCUT2D eigenvalue weighted by molar-refractivity contribution is 0.103. The molecule has 4 nitrogen and oxygen atoms in total. The maximum atomic E-state index is 13.2. The van der Waals surface area contributed by atoms with Crippen LogP contribution in [0, 0.1) is 6.92 Å². The number of ketones is 1. The first-order chi connectivity index (χ1) is 13.5. The van der Waals surface area contributed by atoms with Crippen molar-refractivity contribution in [1.29, 1.82) is 0 Å². The minimum Gasteiger partial charge on any atom is -0.340 e. The highest BCUT2D eigenvalue weighted by molar-refractivity contribution is 9.10. The Kier molecular flexibility index (Phi) is 4.92. The number of hydrogen-bond acceptors (Lipinski definition) is 3. The first kappa shape index (κ1) is 18.3. The Hall–Kier alpha value is -3.05. The minimum atomic E-state index is -0.259. The molecule has 0 fully saturated rings. The van der Waals surface area contributed by atoms with Crippen LogP contribution in [0.2, 0.25) is 0 Å². The van der Waals surface area contributed by atoms with Gasteiger partial charge in [-0.05, 0) is 52.7 Å². The van der Waals surface area contributed by atoms with Gasteiger partial charge >= 0.3 is 0 Å². The van der Waals surface area contributed by atoms with Crippen LogP contribution in [-0.4, -0.2) is 15.3 Å². The molecule has 0 saturated carbocycles. The van der Waals surface area contributed by atoms with Gasteiger partial charge < -0.3 is 4.57 Å². The van der Waals surface area contributed by atoms with Gasteiger partial charge in [-0.1, -0.05) is 42.5 Å². The number of aryl methyl sites for hydroxylation is 1. The average molecular weight is 433 g/mol. The van der Waals surface area contributed by atoms with E-state index in [1.165, 1.54) is 0 Å². The highest BCUT2D eigenvalue weighted by Crippen LogP contribution is 2.18. The summed E-state index contributed by atoms with van der Waals surface area (Å²) in [5, 5.41) is 0.525. The zero-order chi connectivity index (χ0) is 19.7. The summed E-state index contributed by atoms with van der Waals surface area (Å²) in [4.78, 5) is 30.7. The minimum absolute atomic E-state index is 0.169. The van der Waals surface area contributed by atoms with Gasteiger partial charge in [-0.25, -0.2) is 4.98 Å². The Labute approximate surface area is 170 Å². The fraction of sp³-hybridized carbons (Fsp3) is 0.0870. The summed E-state index contributed by atoms with van der Waals surface area (Å²) in [6, 6.07) is 20.4. The molecule has 0 aliphatic rings. The number of nitrogens with zero attached hydrogens (tertiary/aromatic N) is 2. The Bertz CT molecular complexity index is 1260. The molecule has 0 saturated heterocycles. The molecule has 28 heavy (non-hydrogen) atoms. The molecule has 0 radical (unpaired) electrons. The molecular formula is C23H17BrN2O2. The van der Waals surface area contributed by atoms with Crippen molar-refractivity contribution in [2.24, 2.45) is 0 Å². The van der Waals surface area contributed by atoms with Gasteiger partial charge in [-0.3, -0.25) is 9.59 Å². The van der Waals surface area contributed by atoms with Crippen LogP contribution in [0.3, 0.4) is 0 Å². The van der Waals surface area contributed by atoms with Gasteiger partial charge in [-0.15, -0.1) is 0 Å². The summed E-state index contributed by atoms with van der Waals surface area (Å²) < 4.78 is 2.66. The zero-order valence-corrected chi connectivity index (χ0v) is 16.8. The van der Waals surface area contributed by atoms with Gasteiger partial charge in [-0.2, -0.15) is 0 Å². The van der Waals surface area contributed by atoms with Crippen LogP contribution in [0.1, 0.15) is 27.2 Å². The van der Waals surface area contributed by atoms with Crippen molar-refractivity contribution in [2.45, 2.75) is 13.5 Å². The number of fused-ring (bicyclic) bond motifs is 1. The molecule has 0 bridgehead atoms. The third-order valence-corrected chi connectivity index (χ3v) is 5.17. The number of hydrogen-bond donors (Lipinski definition) is 0. The molecule has 2 heterocycles. The summed E-state index contributed by atoms with van der Waals surface area (Å²) in [5.41, 5.74) is 2.92. The molecular weight excluding hydrogens is 416 g/mol. The van der Waals surface area contributed by atoms with Crippen LogP contribution in [0.4, 0.5) is 0 Å². The fourth-order valence-corrected chi connectivity index (χ4v) is 3.70. The maximum Gasteiger partial charge on any atom is 0.200 e. The van der Waals surface area contributed by atoms with Crippen LogP contribution in [0.5, 0.6) is 0 Å². The first-order valence-electron chi connectivity index (χ1n) is 8.88. The van der Waals surface area contributed by atoms with E-state index < -0.39 is 0 Å². The number of aromatic nitrogens is 2. The Balaban J connectivity index is 1.91. The monoisotopic (exact) mass is 432 g/mol. The molecule has 4 aromatic rings. The first-order valence-corrected chi connectivity index (χ1v) is 9.68. The lowest BCUT2D eigenvalue weighted by Gasteiger charge is -2.13. The molecule has 0 aliphatic heterocycles. The van der Waals surface area contributed by atoms with E-state index in [4.69, 9.17) is 0 Å². The third-order valence-electron chi connectivity index (χ3n) is 4.73. The fourth-order valence-electron chi connectivity index (χ4n) is 3.32. The van der Waals surface area contributed by atoms with E-state index >= 15 is 0 Å². The maximum absolute atomic E-state index is 13.2. The Morgan fingerprint density at radius 1 is 0.964 bits per heavy atom. The predicted octanol–water partition coefficient (Wildman–Crippen LogP) is 4.75.